The number of benzene rings is 2. The standard InChI is InChI=1S/C14H9ClFN3O/c15-11-5-4-9(7-12(11)16)14-18-13(19-20-14)8-2-1-3-10(17)6-8/h1-7H,17H2. The lowest BCUT2D eigenvalue weighted by atomic mass is 10.2. The molecule has 20 heavy (non-hydrogen) atoms. The molecule has 1 aromatic heterocycles. The van der Waals surface area contributed by atoms with Crippen molar-refractivity contribution in [3.05, 3.63) is 53.3 Å². The van der Waals surface area contributed by atoms with Gasteiger partial charge in [-0.2, -0.15) is 4.98 Å². The summed E-state index contributed by atoms with van der Waals surface area (Å²) in [6.45, 7) is 0. The van der Waals surface area contributed by atoms with E-state index in [0.717, 1.165) is 5.56 Å². The summed E-state index contributed by atoms with van der Waals surface area (Å²) < 4.78 is 18.5. The minimum atomic E-state index is -0.534. The summed E-state index contributed by atoms with van der Waals surface area (Å²) in [6.07, 6.45) is 0. The van der Waals surface area contributed by atoms with Crippen LogP contribution in [0.4, 0.5) is 10.1 Å². The molecule has 6 heteroatoms. The number of nitrogens with two attached hydrogens (primary N) is 1. The van der Waals surface area contributed by atoms with Crippen LogP contribution in [-0.4, -0.2) is 10.1 Å². The zero-order chi connectivity index (χ0) is 14.1. The Morgan fingerprint density at radius 2 is 1.95 bits per heavy atom. The number of rotatable bonds is 2. The van der Waals surface area contributed by atoms with Crippen LogP contribution in [0.25, 0.3) is 22.8 Å². The molecule has 0 unspecified atom stereocenters. The second-order valence-corrected chi connectivity index (χ2v) is 4.58. The van der Waals surface area contributed by atoms with Crippen LogP contribution in [0.1, 0.15) is 0 Å². The fourth-order valence-electron chi connectivity index (χ4n) is 1.76. The van der Waals surface area contributed by atoms with E-state index in [-0.39, 0.29) is 10.9 Å². The lowest BCUT2D eigenvalue weighted by Gasteiger charge is -1.97. The zero-order valence-electron chi connectivity index (χ0n) is 10.2. The van der Waals surface area contributed by atoms with E-state index < -0.39 is 5.82 Å². The fourth-order valence-corrected chi connectivity index (χ4v) is 1.88. The smallest absolute Gasteiger partial charge is 0.258 e. The summed E-state index contributed by atoms with van der Waals surface area (Å²) in [5, 5.41) is 3.90. The highest BCUT2D eigenvalue weighted by molar-refractivity contribution is 6.30. The van der Waals surface area contributed by atoms with Crippen LogP contribution in [0.15, 0.2) is 47.0 Å². The summed E-state index contributed by atoms with van der Waals surface area (Å²) >= 11 is 5.63. The van der Waals surface area contributed by atoms with Crippen LogP contribution in [0, 0.1) is 5.82 Å². The second kappa shape index (κ2) is 4.94. The highest BCUT2D eigenvalue weighted by Crippen LogP contribution is 2.25. The van der Waals surface area contributed by atoms with Gasteiger partial charge in [-0.3, -0.25) is 0 Å². The summed E-state index contributed by atoms with van der Waals surface area (Å²) in [6, 6.07) is 11.4. The molecular weight excluding hydrogens is 281 g/mol. The number of anilines is 1. The number of nitrogens with zero attached hydrogens (tertiary/aromatic N) is 2. The van der Waals surface area contributed by atoms with Crippen molar-refractivity contribution in [1.82, 2.24) is 10.1 Å². The molecule has 0 aliphatic carbocycles. The Morgan fingerprint density at radius 1 is 1.10 bits per heavy atom. The highest BCUT2D eigenvalue weighted by atomic mass is 35.5. The Hall–Kier alpha value is -2.40. The molecule has 2 N–H and O–H groups in total. The van der Waals surface area contributed by atoms with Gasteiger partial charge < -0.3 is 10.3 Å². The van der Waals surface area contributed by atoms with Crippen LogP contribution in [0.5, 0.6) is 0 Å². The van der Waals surface area contributed by atoms with Crippen LogP contribution in [0.2, 0.25) is 5.02 Å². The van der Waals surface area contributed by atoms with Gasteiger partial charge in [0.1, 0.15) is 5.82 Å². The molecule has 0 bridgehead atoms. The molecule has 0 radical (unpaired) electrons. The quantitative estimate of drug-likeness (QED) is 0.729. The Morgan fingerprint density at radius 3 is 2.70 bits per heavy atom. The van der Waals surface area contributed by atoms with Gasteiger partial charge in [0.05, 0.1) is 5.02 Å². The Kier molecular flexibility index (Phi) is 3.12. The van der Waals surface area contributed by atoms with E-state index in [9.17, 15) is 4.39 Å². The maximum Gasteiger partial charge on any atom is 0.258 e. The normalized spacial score (nSPS) is 10.7. The maximum atomic E-state index is 13.4. The van der Waals surface area contributed by atoms with Crippen molar-refractivity contribution in [1.29, 1.82) is 0 Å². The van der Waals surface area contributed by atoms with Crippen LogP contribution in [0.3, 0.4) is 0 Å². The molecule has 0 spiro atoms. The first-order chi connectivity index (χ1) is 9.63. The van der Waals surface area contributed by atoms with Crippen LogP contribution < -0.4 is 5.73 Å². The van der Waals surface area contributed by atoms with E-state index in [4.69, 9.17) is 21.9 Å². The zero-order valence-corrected chi connectivity index (χ0v) is 10.9. The molecule has 0 fully saturated rings. The molecule has 4 nitrogen and oxygen atoms in total. The summed E-state index contributed by atoms with van der Waals surface area (Å²) in [7, 11) is 0. The summed E-state index contributed by atoms with van der Waals surface area (Å²) in [5.74, 6) is 0.0773. The topological polar surface area (TPSA) is 64.9 Å². The van der Waals surface area contributed by atoms with Crippen LogP contribution >= 0.6 is 11.6 Å². The molecule has 0 aliphatic rings. The van der Waals surface area contributed by atoms with Crippen molar-refractivity contribution in [3.63, 3.8) is 0 Å². The van der Waals surface area contributed by atoms with Crippen molar-refractivity contribution in [3.8, 4) is 22.8 Å². The maximum absolute atomic E-state index is 13.4. The fraction of sp³-hybridized carbons (Fsp3) is 0. The molecular formula is C14H9ClFN3O. The van der Waals surface area contributed by atoms with E-state index in [0.29, 0.717) is 17.1 Å². The number of aromatic nitrogens is 2. The first-order valence-corrected chi connectivity index (χ1v) is 6.16. The molecule has 0 saturated heterocycles. The van der Waals surface area contributed by atoms with E-state index in [1.165, 1.54) is 12.1 Å². The van der Waals surface area contributed by atoms with E-state index >= 15 is 0 Å². The van der Waals surface area contributed by atoms with E-state index in [1.54, 1.807) is 24.3 Å². The SMILES string of the molecule is Nc1cccc(-c2noc(-c3ccc(Cl)c(F)c3)n2)c1. The number of halogens is 2. The third kappa shape index (κ3) is 2.35. The molecule has 0 amide bonds. The minimum absolute atomic E-state index is 0.0457. The van der Waals surface area contributed by atoms with Crippen molar-refractivity contribution < 1.29 is 8.91 Å². The molecule has 1 heterocycles. The van der Waals surface area contributed by atoms with Gasteiger partial charge in [0, 0.05) is 16.8 Å². The van der Waals surface area contributed by atoms with Gasteiger partial charge in [-0.05, 0) is 30.3 Å². The number of hydrogen-bond acceptors (Lipinski definition) is 4. The molecule has 3 rings (SSSR count). The largest absolute Gasteiger partial charge is 0.399 e. The lowest BCUT2D eigenvalue weighted by molar-refractivity contribution is 0.432. The van der Waals surface area contributed by atoms with E-state index in [1.807, 2.05) is 6.07 Å². The third-order valence-corrected chi connectivity index (χ3v) is 3.04. The molecule has 100 valence electrons. The second-order valence-electron chi connectivity index (χ2n) is 4.18. The average Bonchev–Trinajstić information content (AvgIpc) is 2.92. The molecule has 2 aromatic carbocycles. The van der Waals surface area contributed by atoms with Gasteiger partial charge >= 0.3 is 0 Å². The lowest BCUT2D eigenvalue weighted by Crippen LogP contribution is -1.86. The highest BCUT2D eigenvalue weighted by Gasteiger charge is 2.12. The summed E-state index contributed by atoms with van der Waals surface area (Å²) in [4.78, 5) is 4.22. The van der Waals surface area contributed by atoms with Crippen molar-refractivity contribution >= 4 is 17.3 Å². The van der Waals surface area contributed by atoms with Crippen molar-refractivity contribution in [2.45, 2.75) is 0 Å². The van der Waals surface area contributed by atoms with Gasteiger partial charge in [-0.15, -0.1) is 0 Å². The van der Waals surface area contributed by atoms with Crippen LogP contribution in [-0.2, 0) is 0 Å². The molecule has 3 aromatic rings. The van der Waals surface area contributed by atoms with E-state index in [2.05, 4.69) is 10.1 Å². The predicted octanol–water partition coefficient (Wildman–Crippen LogP) is 3.78. The predicted molar refractivity (Wildman–Crippen MR) is 74.6 cm³/mol. The molecule has 0 atom stereocenters. The summed E-state index contributed by atoms with van der Waals surface area (Å²) in [5.41, 5.74) is 7.50. The van der Waals surface area contributed by atoms with Gasteiger partial charge in [-0.25, -0.2) is 4.39 Å². The number of nitrogen functional groups attached to an aromatic ring is 1. The molecule has 0 saturated carbocycles. The minimum Gasteiger partial charge on any atom is -0.399 e. The Balaban J connectivity index is 1.99. The Labute approximate surface area is 119 Å². The first kappa shape index (κ1) is 12.6. The Bertz CT molecular complexity index is 773. The van der Waals surface area contributed by atoms with Gasteiger partial charge in [-0.1, -0.05) is 28.9 Å². The van der Waals surface area contributed by atoms with Gasteiger partial charge in [0.25, 0.3) is 5.89 Å². The van der Waals surface area contributed by atoms with Crippen molar-refractivity contribution in [2.24, 2.45) is 0 Å². The average molecular weight is 290 g/mol. The number of hydrogen-bond donors (Lipinski definition) is 1. The first-order valence-electron chi connectivity index (χ1n) is 5.78. The third-order valence-electron chi connectivity index (χ3n) is 2.74. The van der Waals surface area contributed by atoms with Gasteiger partial charge in [0.15, 0.2) is 0 Å². The molecule has 0 aliphatic heterocycles. The monoisotopic (exact) mass is 289 g/mol. The van der Waals surface area contributed by atoms with Crippen molar-refractivity contribution in [2.75, 3.05) is 5.73 Å². The van der Waals surface area contributed by atoms with Gasteiger partial charge in [0.2, 0.25) is 5.82 Å².